The number of amides is 1. The minimum absolute atomic E-state index is 0.0428. The van der Waals surface area contributed by atoms with E-state index >= 15 is 0 Å². The molecule has 1 amide bonds. The molecule has 1 aliphatic heterocycles. The van der Waals surface area contributed by atoms with Gasteiger partial charge in [0, 0.05) is 13.1 Å². The first-order valence-corrected chi connectivity index (χ1v) is 6.57. The maximum absolute atomic E-state index is 11.4. The van der Waals surface area contributed by atoms with Crippen LogP contribution in [0.4, 0.5) is 0 Å². The van der Waals surface area contributed by atoms with E-state index in [2.05, 4.69) is 5.32 Å². The van der Waals surface area contributed by atoms with Crippen LogP contribution in [-0.4, -0.2) is 45.9 Å². The van der Waals surface area contributed by atoms with Crippen molar-refractivity contribution in [1.82, 2.24) is 10.0 Å². The highest BCUT2D eigenvalue weighted by molar-refractivity contribution is 7.90. The Morgan fingerprint density at radius 3 is 2.87 bits per heavy atom. The molecule has 1 saturated heterocycles. The van der Waals surface area contributed by atoms with Crippen molar-refractivity contribution in [2.45, 2.75) is 19.4 Å². The molecule has 0 aliphatic carbocycles. The SMILES string of the molecule is CCCS(=O)(=O)NC(=O)C1CNCCO1. The monoisotopic (exact) mass is 236 g/mol. The highest BCUT2D eigenvalue weighted by atomic mass is 32.2. The Labute approximate surface area is 89.4 Å². The Hall–Kier alpha value is -0.660. The smallest absolute Gasteiger partial charge is 0.263 e. The average Bonchev–Trinajstić information content (AvgIpc) is 2.18. The summed E-state index contributed by atoms with van der Waals surface area (Å²) in [5, 5.41) is 2.95. The zero-order chi connectivity index (χ0) is 11.3. The fourth-order valence-electron chi connectivity index (χ4n) is 1.27. The van der Waals surface area contributed by atoms with Crippen molar-refractivity contribution in [2.24, 2.45) is 0 Å². The van der Waals surface area contributed by atoms with E-state index < -0.39 is 22.0 Å². The Bertz CT molecular complexity index is 309. The second-order valence-corrected chi connectivity index (χ2v) is 5.19. The molecule has 0 aromatic rings. The van der Waals surface area contributed by atoms with Crippen LogP contribution in [0.2, 0.25) is 0 Å². The third-order valence-electron chi connectivity index (χ3n) is 1.95. The quantitative estimate of drug-likeness (QED) is 0.642. The number of morpholine rings is 1. The standard InChI is InChI=1S/C8H16N2O4S/c1-2-5-15(12,13)10-8(11)7-6-9-3-4-14-7/h7,9H,2-6H2,1H3,(H,10,11). The predicted molar refractivity (Wildman–Crippen MR) is 54.8 cm³/mol. The van der Waals surface area contributed by atoms with Crippen molar-refractivity contribution >= 4 is 15.9 Å². The summed E-state index contributed by atoms with van der Waals surface area (Å²) >= 11 is 0. The lowest BCUT2D eigenvalue weighted by Crippen LogP contribution is -2.49. The minimum atomic E-state index is -3.49. The maximum Gasteiger partial charge on any atom is 0.263 e. The van der Waals surface area contributed by atoms with E-state index in [0.717, 1.165) is 0 Å². The number of rotatable bonds is 4. The van der Waals surface area contributed by atoms with Gasteiger partial charge in [-0.15, -0.1) is 0 Å². The Morgan fingerprint density at radius 2 is 2.33 bits per heavy atom. The lowest BCUT2D eigenvalue weighted by atomic mass is 10.3. The fourth-order valence-corrected chi connectivity index (χ4v) is 2.35. The summed E-state index contributed by atoms with van der Waals surface area (Å²) in [7, 11) is -3.49. The van der Waals surface area contributed by atoms with Crippen LogP contribution >= 0.6 is 0 Å². The van der Waals surface area contributed by atoms with Crippen LogP contribution in [0.3, 0.4) is 0 Å². The second-order valence-electron chi connectivity index (χ2n) is 3.35. The summed E-state index contributed by atoms with van der Waals surface area (Å²) in [5.41, 5.74) is 0. The molecule has 15 heavy (non-hydrogen) atoms. The van der Waals surface area contributed by atoms with E-state index in [4.69, 9.17) is 4.74 Å². The number of ether oxygens (including phenoxy) is 1. The van der Waals surface area contributed by atoms with Crippen LogP contribution in [0.25, 0.3) is 0 Å². The molecule has 0 aromatic carbocycles. The molecule has 2 N–H and O–H groups in total. The molecule has 1 rings (SSSR count). The zero-order valence-electron chi connectivity index (χ0n) is 8.65. The van der Waals surface area contributed by atoms with E-state index in [1.807, 2.05) is 4.72 Å². The molecule has 1 fully saturated rings. The van der Waals surface area contributed by atoms with Crippen molar-refractivity contribution in [3.63, 3.8) is 0 Å². The van der Waals surface area contributed by atoms with Gasteiger partial charge in [0.25, 0.3) is 5.91 Å². The number of nitrogens with one attached hydrogen (secondary N) is 2. The summed E-state index contributed by atoms with van der Waals surface area (Å²) in [6.45, 7) is 3.20. The molecule has 0 saturated carbocycles. The van der Waals surface area contributed by atoms with Crippen molar-refractivity contribution in [3.8, 4) is 0 Å². The van der Waals surface area contributed by atoms with Gasteiger partial charge in [-0.2, -0.15) is 0 Å². The van der Waals surface area contributed by atoms with E-state index in [1.165, 1.54) is 0 Å². The van der Waals surface area contributed by atoms with Crippen LogP contribution in [0.5, 0.6) is 0 Å². The molecule has 0 bridgehead atoms. The van der Waals surface area contributed by atoms with Gasteiger partial charge in [0.15, 0.2) is 0 Å². The molecule has 7 heteroatoms. The molecule has 0 spiro atoms. The van der Waals surface area contributed by atoms with Crippen molar-refractivity contribution in [2.75, 3.05) is 25.4 Å². The second kappa shape index (κ2) is 5.43. The number of carbonyl (C=O) groups is 1. The first kappa shape index (κ1) is 12.4. The Morgan fingerprint density at radius 1 is 1.60 bits per heavy atom. The highest BCUT2D eigenvalue weighted by Crippen LogP contribution is 1.98. The Kier molecular flexibility index (Phi) is 4.49. The summed E-state index contributed by atoms with van der Waals surface area (Å²) in [6.07, 6.45) is -0.225. The molecule has 1 atom stereocenters. The Balaban J connectivity index is 2.47. The lowest BCUT2D eigenvalue weighted by Gasteiger charge is -2.22. The minimum Gasteiger partial charge on any atom is -0.366 e. The summed E-state index contributed by atoms with van der Waals surface area (Å²) in [5.74, 6) is -0.630. The lowest BCUT2D eigenvalue weighted by molar-refractivity contribution is -0.132. The molecular weight excluding hydrogens is 220 g/mol. The van der Waals surface area contributed by atoms with E-state index in [-0.39, 0.29) is 5.75 Å². The number of carbonyl (C=O) groups excluding carboxylic acids is 1. The van der Waals surface area contributed by atoms with Gasteiger partial charge < -0.3 is 10.1 Å². The topological polar surface area (TPSA) is 84.5 Å². The van der Waals surface area contributed by atoms with Gasteiger partial charge in [-0.05, 0) is 6.42 Å². The molecule has 88 valence electrons. The molecule has 0 aromatic heterocycles. The first-order valence-electron chi connectivity index (χ1n) is 4.92. The number of hydrogen-bond acceptors (Lipinski definition) is 5. The fraction of sp³-hybridized carbons (Fsp3) is 0.875. The van der Waals surface area contributed by atoms with E-state index in [9.17, 15) is 13.2 Å². The van der Waals surface area contributed by atoms with Crippen molar-refractivity contribution in [3.05, 3.63) is 0 Å². The van der Waals surface area contributed by atoms with Crippen molar-refractivity contribution < 1.29 is 17.9 Å². The van der Waals surface area contributed by atoms with Crippen LogP contribution in [0, 0.1) is 0 Å². The summed E-state index contributed by atoms with van der Waals surface area (Å²) < 4.78 is 29.7. The van der Waals surface area contributed by atoms with Gasteiger partial charge >= 0.3 is 0 Å². The summed E-state index contributed by atoms with van der Waals surface area (Å²) in [4.78, 5) is 11.4. The molecule has 6 nitrogen and oxygen atoms in total. The highest BCUT2D eigenvalue weighted by Gasteiger charge is 2.25. The van der Waals surface area contributed by atoms with Crippen LogP contribution in [0.15, 0.2) is 0 Å². The van der Waals surface area contributed by atoms with Crippen molar-refractivity contribution in [1.29, 1.82) is 0 Å². The predicted octanol–water partition coefficient (Wildman–Crippen LogP) is -1.17. The van der Waals surface area contributed by atoms with Gasteiger partial charge in [0.2, 0.25) is 10.0 Å². The molecule has 1 unspecified atom stereocenters. The van der Waals surface area contributed by atoms with Gasteiger partial charge in [-0.25, -0.2) is 8.42 Å². The molecular formula is C8H16N2O4S. The maximum atomic E-state index is 11.4. The van der Waals surface area contributed by atoms with Gasteiger partial charge in [-0.3, -0.25) is 9.52 Å². The number of hydrogen-bond donors (Lipinski definition) is 2. The first-order chi connectivity index (χ1) is 7.05. The van der Waals surface area contributed by atoms with Crippen LogP contribution in [0.1, 0.15) is 13.3 Å². The third kappa shape index (κ3) is 4.15. The zero-order valence-corrected chi connectivity index (χ0v) is 9.47. The molecule has 1 aliphatic rings. The summed E-state index contributed by atoms with van der Waals surface area (Å²) in [6, 6.07) is 0. The third-order valence-corrected chi connectivity index (χ3v) is 3.41. The van der Waals surface area contributed by atoms with E-state index in [1.54, 1.807) is 6.92 Å². The van der Waals surface area contributed by atoms with Crippen LogP contribution in [-0.2, 0) is 19.6 Å². The normalized spacial score (nSPS) is 22.3. The average molecular weight is 236 g/mol. The number of sulfonamides is 1. The molecule has 1 heterocycles. The van der Waals surface area contributed by atoms with Gasteiger partial charge in [-0.1, -0.05) is 6.92 Å². The largest absolute Gasteiger partial charge is 0.366 e. The van der Waals surface area contributed by atoms with Gasteiger partial charge in [0.05, 0.1) is 12.4 Å². The van der Waals surface area contributed by atoms with Crippen LogP contribution < -0.4 is 10.0 Å². The molecule has 0 radical (unpaired) electrons. The van der Waals surface area contributed by atoms with Gasteiger partial charge in [0.1, 0.15) is 6.10 Å². The van der Waals surface area contributed by atoms with E-state index in [0.29, 0.717) is 26.1 Å².